The molecule has 82 valence electrons. The molecule has 4 heteroatoms. The third kappa shape index (κ3) is 2.93. The van der Waals surface area contributed by atoms with Gasteiger partial charge in [-0.05, 0) is 0 Å². The third-order valence-corrected chi connectivity index (χ3v) is 5.99. The minimum atomic E-state index is 0.136. The molecule has 0 aliphatic rings. The summed E-state index contributed by atoms with van der Waals surface area (Å²) in [6.45, 7) is 0. The van der Waals surface area contributed by atoms with Crippen molar-refractivity contribution in [1.82, 2.24) is 0 Å². The first-order valence-electron chi connectivity index (χ1n) is 4.91. The number of rotatable bonds is 5. The molecule has 0 spiro atoms. The molecule has 0 unspecified atom stereocenters. The molecule has 16 heavy (non-hydrogen) atoms. The monoisotopic (exact) mass is 346 g/mol. The summed E-state index contributed by atoms with van der Waals surface area (Å²) < 4.78 is 1.79. The molecule has 2 heterocycles. The molecular formula is C12H10O2Se2. The van der Waals surface area contributed by atoms with Crippen LogP contribution in [0.15, 0.2) is 34.1 Å². The first-order valence-corrected chi connectivity index (χ1v) is 8.60. The van der Waals surface area contributed by atoms with Gasteiger partial charge in [0, 0.05) is 0 Å². The maximum absolute atomic E-state index is 11.7. The first kappa shape index (κ1) is 11.8. The molecule has 0 fully saturated rings. The van der Waals surface area contributed by atoms with Crippen molar-refractivity contribution in [3.05, 3.63) is 43.0 Å². The van der Waals surface area contributed by atoms with E-state index in [1.165, 1.54) is 0 Å². The molecule has 0 aromatic carbocycles. The SMILES string of the molecule is O=C(CCC(=O)c1ccc[se]1)c1ccc[se]1. The Hall–Kier alpha value is -0.661. The normalized spacial score (nSPS) is 10.2. The number of carbonyl (C=O) groups is 2. The van der Waals surface area contributed by atoms with E-state index in [1.807, 2.05) is 34.1 Å². The average molecular weight is 344 g/mol. The Bertz CT molecular complexity index is 423. The van der Waals surface area contributed by atoms with Gasteiger partial charge in [-0.25, -0.2) is 0 Å². The Morgan fingerprint density at radius 1 is 0.875 bits per heavy atom. The molecule has 0 aliphatic heterocycles. The number of hydrogen-bond donors (Lipinski definition) is 0. The van der Waals surface area contributed by atoms with Crippen molar-refractivity contribution in [1.29, 1.82) is 0 Å². The molecule has 0 saturated heterocycles. The molecular weight excluding hydrogens is 334 g/mol. The van der Waals surface area contributed by atoms with E-state index < -0.39 is 0 Å². The van der Waals surface area contributed by atoms with Gasteiger partial charge in [-0.15, -0.1) is 0 Å². The van der Waals surface area contributed by atoms with Crippen LogP contribution < -0.4 is 0 Å². The summed E-state index contributed by atoms with van der Waals surface area (Å²) in [4.78, 5) is 27.4. The zero-order valence-electron chi connectivity index (χ0n) is 8.51. The van der Waals surface area contributed by atoms with Crippen molar-refractivity contribution >= 4 is 40.6 Å². The first-order chi connectivity index (χ1) is 7.77. The number of carbonyl (C=O) groups excluding carboxylic acids is 2. The van der Waals surface area contributed by atoms with E-state index in [0.717, 1.165) is 8.87 Å². The van der Waals surface area contributed by atoms with E-state index >= 15 is 0 Å². The number of ketones is 2. The Morgan fingerprint density at radius 3 is 1.62 bits per heavy atom. The van der Waals surface area contributed by atoms with E-state index in [4.69, 9.17) is 0 Å². The van der Waals surface area contributed by atoms with Gasteiger partial charge in [0.05, 0.1) is 0 Å². The average Bonchev–Trinajstić information content (AvgIpc) is 2.95. The second kappa shape index (κ2) is 5.60. The van der Waals surface area contributed by atoms with Crippen LogP contribution in [0, 0.1) is 0 Å². The van der Waals surface area contributed by atoms with Crippen molar-refractivity contribution in [2.24, 2.45) is 0 Å². The minimum absolute atomic E-state index is 0.136. The molecule has 0 N–H and O–H groups in total. The van der Waals surface area contributed by atoms with E-state index in [0.29, 0.717) is 12.8 Å². The molecule has 0 saturated carbocycles. The van der Waals surface area contributed by atoms with Crippen molar-refractivity contribution in [3.8, 4) is 0 Å². The maximum atomic E-state index is 11.7. The summed E-state index contributed by atoms with van der Waals surface area (Å²) in [5.41, 5.74) is 0. The Labute approximate surface area is 106 Å². The van der Waals surface area contributed by atoms with Gasteiger partial charge in [-0.2, -0.15) is 0 Å². The summed E-state index contributed by atoms with van der Waals surface area (Å²) >= 11 is 0.385. The van der Waals surface area contributed by atoms with Crippen LogP contribution in [0.4, 0.5) is 0 Å². The fraction of sp³-hybridized carbons (Fsp3) is 0.167. The van der Waals surface area contributed by atoms with Crippen LogP contribution in [0.25, 0.3) is 0 Å². The van der Waals surface area contributed by atoms with Crippen LogP contribution >= 0.6 is 0 Å². The summed E-state index contributed by atoms with van der Waals surface area (Å²) in [5, 5.41) is 0. The number of Topliss-reactive ketones (excluding diaryl/α,β-unsaturated/α-hetero) is 2. The second-order valence-electron chi connectivity index (χ2n) is 3.30. The van der Waals surface area contributed by atoms with Crippen molar-refractivity contribution in [2.75, 3.05) is 0 Å². The van der Waals surface area contributed by atoms with Gasteiger partial charge < -0.3 is 0 Å². The fourth-order valence-electron chi connectivity index (χ4n) is 1.35. The van der Waals surface area contributed by atoms with Gasteiger partial charge in [-0.1, -0.05) is 0 Å². The summed E-state index contributed by atoms with van der Waals surface area (Å²) in [5.74, 6) is 0.273. The van der Waals surface area contributed by atoms with Gasteiger partial charge in [-0.3, -0.25) is 0 Å². The van der Waals surface area contributed by atoms with Gasteiger partial charge in [0.25, 0.3) is 0 Å². The second-order valence-corrected chi connectivity index (χ2v) is 7.28. The summed E-state index contributed by atoms with van der Waals surface area (Å²) in [6, 6.07) is 7.57. The fourth-order valence-corrected chi connectivity index (χ4v) is 4.26. The molecule has 2 aromatic rings. The number of hydrogen-bond acceptors (Lipinski definition) is 2. The van der Waals surface area contributed by atoms with Crippen molar-refractivity contribution < 1.29 is 9.59 Å². The van der Waals surface area contributed by atoms with Gasteiger partial charge >= 0.3 is 106 Å². The molecule has 2 nitrogen and oxygen atoms in total. The molecule has 0 aliphatic carbocycles. The molecule has 0 bridgehead atoms. The standard InChI is InChI=1S/C12H10O2Se2/c13-9(11-3-1-7-15-11)5-6-10(14)12-4-2-8-16-12/h1-4,7-8H,5-6H2. The Morgan fingerprint density at radius 2 is 1.31 bits per heavy atom. The summed E-state index contributed by atoms with van der Waals surface area (Å²) in [7, 11) is 0. The topological polar surface area (TPSA) is 34.1 Å². The van der Waals surface area contributed by atoms with Crippen LogP contribution in [-0.2, 0) is 0 Å². The van der Waals surface area contributed by atoms with E-state index in [1.54, 1.807) is 0 Å². The van der Waals surface area contributed by atoms with Crippen LogP contribution in [0.2, 0.25) is 0 Å². The van der Waals surface area contributed by atoms with Crippen molar-refractivity contribution in [3.63, 3.8) is 0 Å². The molecule has 0 amide bonds. The van der Waals surface area contributed by atoms with Crippen LogP contribution in [0.3, 0.4) is 0 Å². The molecule has 0 atom stereocenters. The summed E-state index contributed by atoms with van der Waals surface area (Å²) in [6.07, 6.45) is 0.725. The van der Waals surface area contributed by atoms with Crippen molar-refractivity contribution in [2.45, 2.75) is 12.8 Å². The van der Waals surface area contributed by atoms with Gasteiger partial charge in [0.1, 0.15) is 0 Å². The van der Waals surface area contributed by atoms with Gasteiger partial charge in [0.15, 0.2) is 0 Å². The van der Waals surface area contributed by atoms with Crippen LogP contribution in [0.5, 0.6) is 0 Å². The van der Waals surface area contributed by atoms with Crippen LogP contribution in [-0.4, -0.2) is 40.6 Å². The Kier molecular flexibility index (Phi) is 4.14. The third-order valence-electron chi connectivity index (χ3n) is 2.17. The zero-order chi connectivity index (χ0) is 11.4. The quantitative estimate of drug-likeness (QED) is 0.611. The van der Waals surface area contributed by atoms with E-state index in [-0.39, 0.29) is 40.6 Å². The molecule has 0 radical (unpaired) electrons. The Balaban J connectivity index is 1.89. The zero-order valence-corrected chi connectivity index (χ0v) is 11.9. The predicted molar refractivity (Wildman–Crippen MR) is 64.7 cm³/mol. The molecule has 2 rings (SSSR count). The van der Waals surface area contributed by atoms with E-state index in [2.05, 4.69) is 0 Å². The molecule has 2 aromatic heterocycles. The van der Waals surface area contributed by atoms with Gasteiger partial charge in [0.2, 0.25) is 0 Å². The van der Waals surface area contributed by atoms with E-state index in [9.17, 15) is 9.59 Å². The predicted octanol–water partition coefficient (Wildman–Crippen LogP) is 1.65. The van der Waals surface area contributed by atoms with Crippen LogP contribution in [0.1, 0.15) is 31.3 Å².